The van der Waals surface area contributed by atoms with E-state index in [1.807, 2.05) is 0 Å². The van der Waals surface area contributed by atoms with Gasteiger partial charge in [0.05, 0.1) is 44.5 Å². The molecule has 0 spiro atoms. The minimum Gasteiger partial charge on any atom is -0.311 e. The molecule has 0 amide bonds. The van der Waals surface area contributed by atoms with Crippen molar-refractivity contribution in [2.45, 2.75) is 78.6 Å². The summed E-state index contributed by atoms with van der Waals surface area (Å²) in [6, 6.07) is 147. The highest BCUT2D eigenvalue weighted by Gasteiger charge is 2.46. The summed E-state index contributed by atoms with van der Waals surface area (Å²) in [5, 5.41) is 7.23. The maximum atomic E-state index is 2.74. The molecule has 5 heterocycles. The number of para-hydroxylation sites is 5. The zero-order valence-electron chi connectivity index (χ0n) is 69.7. The predicted octanol–water partition coefficient (Wildman–Crippen LogP) is 29.1. The molecule has 7 heteroatoms. The molecule has 3 aromatic heterocycles. The molecule has 2 aliphatic heterocycles. The molecule has 0 radical (unpaired) electrons. The normalized spacial score (nSPS) is 12.8. The molecule has 0 unspecified atom stereocenters. The first-order valence-corrected chi connectivity index (χ1v) is 42.6. The number of nitrogens with zero attached hydrogens (tertiary/aromatic N) is 6. The van der Waals surface area contributed by atoms with E-state index in [2.05, 4.69) is 479 Å². The first-order valence-electron chi connectivity index (χ1n) is 42.6. The molecule has 6 nitrogen and oxygen atoms in total. The van der Waals surface area contributed by atoms with Crippen LogP contribution in [0.5, 0.6) is 0 Å². The van der Waals surface area contributed by atoms with Crippen LogP contribution in [0.3, 0.4) is 0 Å². The Morgan fingerprint density at radius 1 is 0.223 bits per heavy atom. The summed E-state index contributed by atoms with van der Waals surface area (Å²) in [4.78, 5) is 7.80. The van der Waals surface area contributed by atoms with Crippen molar-refractivity contribution in [2.75, 3.05) is 14.7 Å². The monoisotopic (exact) mass is 1550 g/mol. The molecule has 0 aliphatic carbocycles. The highest BCUT2D eigenvalue weighted by Crippen LogP contribution is 2.55. The van der Waals surface area contributed by atoms with Crippen LogP contribution in [0, 0.1) is 0 Å². The van der Waals surface area contributed by atoms with E-state index in [1.54, 1.807) is 0 Å². The van der Waals surface area contributed by atoms with Crippen molar-refractivity contribution in [3.63, 3.8) is 0 Å². The fraction of sp³-hybridized carbons (Fsp3) is 0.105. The van der Waals surface area contributed by atoms with Gasteiger partial charge in [0, 0.05) is 100 Å². The standard InChI is InChI=1S/C114H91BN6/c1-112(2,3)80-52-59-103-95(65-80)96-66-81(113(4,5)6)53-60-104(96)119(103)89-72-108-110-109(73-89)121(111-93(76-38-20-12-21-39-76)67-82(114(7,8)9)68-94(111)77-40-22-13-23-41-77)107-71-87(118-102-51-33-30-48-92(102)97-69-85(56-61-105(97)118)116(83-42-24-14-25-43-83)84-44-26-15-27-45-84)55-58-99(107)115(110)98-57-54-86(117-100-49-31-28-46-90(100)91-47-29-32-50-101(91)117)70-106(98)120(108)88-63-78(74-34-16-10-17-35-74)62-79(64-88)75-36-18-11-19-37-75/h10-73H,1-9H3. The lowest BCUT2D eigenvalue weighted by atomic mass is 9.33. The molecular formula is C114H91BN6. The maximum absolute atomic E-state index is 2.74. The van der Waals surface area contributed by atoms with Gasteiger partial charge in [-0.05, 0) is 234 Å². The largest absolute Gasteiger partial charge is 0.311 e. The van der Waals surface area contributed by atoms with Crippen molar-refractivity contribution in [1.82, 2.24) is 13.7 Å². The molecular weight excluding hydrogens is 1460 g/mol. The topological polar surface area (TPSA) is 24.5 Å². The van der Waals surface area contributed by atoms with E-state index in [9.17, 15) is 0 Å². The molecule has 2 aliphatic rings. The van der Waals surface area contributed by atoms with Crippen molar-refractivity contribution in [3.8, 4) is 61.6 Å². The lowest BCUT2D eigenvalue weighted by Crippen LogP contribution is -2.61. The minimum atomic E-state index is -0.317. The zero-order chi connectivity index (χ0) is 81.7. The number of aromatic nitrogens is 3. The summed E-state index contributed by atoms with van der Waals surface area (Å²) in [7, 11) is 0. The van der Waals surface area contributed by atoms with E-state index < -0.39 is 0 Å². The molecule has 20 aromatic rings. The van der Waals surface area contributed by atoms with E-state index in [-0.39, 0.29) is 23.0 Å². The number of anilines is 9. The molecule has 121 heavy (non-hydrogen) atoms. The first-order chi connectivity index (χ1) is 58.9. The SMILES string of the molecule is CC(C)(C)c1cc(-c2ccccc2)c(N2c3cc(-n4c5ccccc5c5cc(N(c6ccccc6)c6ccccc6)ccc54)ccc3B3c4ccc(-n5c6ccccc6c6ccccc65)cc4N(c4cc(-c5ccccc5)cc(-c5ccccc5)c4)c4cc(-n5c6ccc(C(C)(C)C)cc6c6cc(C(C)(C)C)ccc65)cc2c43)c(-c2ccccc2)c1. The lowest BCUT2D eigenvalue weighted by Gasteiger charge is -2.45. The van der Waals surface area contributed by atoms with Gasteiger partial charge in [0.25, 0.3) is 6.71 Å². The summed E-state index contributed by atoms with van der Waals surface area (Å²) >= 11 is 0. The van der Waals surface area contributed by atoms with Crippen LogP contribution >= 0.6 is 0 Å². The number of fused-ring (bicyclic) bond motifs is 13. The number of rotatable bonds is 12. The molecule has 17 aromatic carbocycles. The molecule has 22 rings (SSSR count). The highest BCUT2D eigenvalue weighted by molar-refractivity contribution is 7.00. The fourth-order valence-corrected chi connectivity index (χ4v) is 19.6. The van der Waals surface area contributed by atoms with Crippen LogP contribution < -0.4 is 31.1 Å². The maximum Gasteiger partial charge on any atom is 0.252 e. The Kier molecular flexibility index (Phi) is 17.0. The van der Waals surface area contributed by atoms with Crippen LogP contribution in [0.25, 0.3) is 127 Å². The van der Waals surface area contributed by atoms with E-state index in [4.69, 9.17) is 0 Å². The Morgan fingerprint density at radius 3 is 1.01 bits per heavy atom. The van der Waals surface area contributed by atoms with E-state index in [1.165, 1.54) is 60.0 Å². The van der Waals surface area contributed by atoms with Gasteiger partial charge >= 0.3 is 0 Å². The number of benzene rings is 17. The van der Waals surface area contributed by atoms with Gasteiger partial charge in [-0.3, -0.25) is 0 Å². The summed E-state index contributed by atoms with van der Waals surface area (Å²) in [5.74, 6) is 0. The van der Waals surface area contributed by atoms with E-state index in [0.717, 1.165) is 151 Å². The molecule has 0 saturated carbocycles. The Bertz CT molecular complexity index is 7220. The Balaban J connectivity index is 0.914. The summed E-state index contributed by atoms with van der Waals surface area (Å²) in [6.07, 6.45) is 0. The third kappa shape index (κ3) is 12.1. The van der Waals surface area contributed by atoms with Crippen LogP contribution in [-0.4, -0.2) is 20.4 Å². The molecule has 0 atom stereocenters. The molecule has 0 N–H and O–H groups in total. The Labute approximate surface area is 708 Å². The summed E-state index contributed by atoms with van der Waals surface area (Å²) in [5.41, 5.74) is 35.8. The van der Waals surface area contributed by atoms with E-state index >= 15 is 0 Å². The Morgan fingerprint density at radius 2 is 0.570 bits per heavy atom. The third-order valence-electron chi connectivity index (χ3n) is 25.6. The van der Waals surface area contributed by atoms with Gasteiger partial charge in [-0.15, -0.1) is 0 Å². The first kappa shape index (κ1) is 73.0. The van der Waals surface area contributed by atoms with Gasteiger partial charge in [0.2, 0.25) is 0 Å². The van der Waals surface area contributed by atoms with Crippen molar-refractivity contribution in [2.24, 2.45) is 0 Å². The zero-order valence-corrected chi connectivity index (χ0v) is 69.7. The van der Waals surface area contributed by atoms with E-state index in [0.29, 0.717) is 0 Å². The molecule has 580 valence electrons. The summed E-state index contributed by atoms with van der Waals surface area (Å²) < 4.78 is 7.65. The van der Waals surface area contributed by atoms with Gasteiger partial charge in [-0.25, -0.2) is 0 Å². The number of hydrogen-bond donors (Lipinski definition) is 0. The van der Waals surface area contributed by atoms with Crippen molar-refractivity contribution < 1.29 is 0 Å². The smallest absolute Gasteiger partial charge is 0.252 e. The lowest BCUT2D eigenvalue weighted by molar-refractivity contribution is 0.590. The second-order valence-corrected chi connectivity index (χ2v) is 36.1. The van der Waals surface area contributed by atoms with Gasteiger partial charge in [-0.1, -0.05) is 299 Å². The molecule has 0 fully saturated rings. The van der Waals surface area contributed by atoms with Crippen LogP contribution in [0.1, 0.15) is 79.0 Å². The average molecular weight is 1560 g/mol. The van der Waals surface area contributed by atoms with Gasteiger partial charge in [-0.2, -0.15) is 0 Å². The van der Waals surface area contributed by atoms with Gasteiger partial charge < -0.3 is 28.4 Å². The fourth-order valence-electron chi connectivity index (χ4n) is 19.6. The van der Waals surface area contributed by atoms with Crippen LogP contribution in [0.15, 0.2) is 388 Å². The van der Waals surface area contributed by atoms with Crippen LogP contribution in [-0.2, 0) is 16.2 Å². The van der Waals surface area contributed by atoms with Crippen LogP contribution in [0.4, 0.5) is 51.2 Å². The predicted molar refractivity (Wildman–Crippen MR) is 516 cm³/mol. The van der Waals surface area contributed by atoms with Crippen molar-refractivity contribution in [3.05, 3.63) is 405 Å². The highest BCUT2D eigenvalue weighted by atomic mass is 15.2. The molecule has 0 saturated heterocycles. The minimum absolute atomic E-state index is 0.121. The van der Waals surface area contributed by atoms with Gasteiger partial charge in [0.1, 0.15) is 0 Å². The third-order valence-corrected chi connectivity index (χ3v) is 25.6. The number of hydrogen-bond acceptors (Lipinski definition) is 3. The second kappa shape index (κ2) is 28.2. The van der Waals surface area contributed by atoms with Crippen molar-refractivity contribution >= 4 is 140 Å². The van der Waals surface area contributed by atoms with Crippen LogP contribution in [0.2, 0.25) is 0 Å². The second-order valence-electron chi connectivity index (χ2n) is 36.1. The van der Waals surface area contributed by atoms with Gasteiger partial charge in [0.15, 0.2) is 0 Å². The molecule has 0 bridgehead atoms. The quantitative estimate of drug-likeness (QED) is 0.114. The summed E-state index contributed by atoms with van der Waals surface area (Å²) in [6.45, 7) is 20.8. The average Bonchev–Trinajstić information content (AvgIpc) is 1.31. The Hall–Kier alpha value is -14.4. The van der Waals surface area contributed by atoms with Crippen molar-refractivity contribution in [1.29, 1.82) is 0 Å².